The van der Waals surface area contributed by atoms with Gasteiger partial charge < -0.3 is 14.2 Å². The van der Waals surface area contributed by atoms with Crippen molar-refractivity contribution >= 4 is 0 Å². The summed E-state index contributed by atoms with van der Waals surface area (Å²) in [5, 5.41) is 0. The van der Waals surface area contributed by atoms with Gasteiger partial charge in [-0.15, -0.1) is 0 Å². The van der Waals surface area contributed by atoms with Crippen LogP contribution in [-0.4, -0.2) is 38.4 Å². The van der Waals surface area contributed by atoms with Crippen LogP contribution in [0.4, 0.5) is 4.39 Å². The maximum Gasteiger partial charge on any atom is 0.123 e. The second kappa shape index (κ2) is 11.5. The first-order chi connectivity index (χ1) is 16.5. The van der Waals surface area contributed by atoms with Crippen molar-refractivity contribution in [2.75, 3.05) is 33.5 Å². The van der Waals surface area contributed by atoms with Crippen molar-refractivity contribution < 1.29 is 18.6 Å². The Morgan fingerprint density at radius 2 is 1.82 bits per heavy atom. The molecule has 0 aromatic heterocycles. The minimum atomic E-state index is -0.250. The Bertz CT molecular complexity index is 1100. The number of ether oxygens (including phenoxy) is 3. The van der Waals surface area contributed by atoms with Crippen molar-refractivity contribution in [1.29, 1.82) is 0 Å². The van der Waals surface area contributed by atoms with E-state index < -0.39 is 0 Å². The van der Waals surface area contributed by atoms with Gasteiger partial charge in [0.1, 0.15) is 23.9 Å². The lowest BCUT2D eigenvalue weighted by molar-refractivity contribution is 0.0755. The second-order valence-corrected chi connectivity index (χ2v) is 9.15. The summed E-state index contributed by atoms with van der Waals surface area (Å²) in [5.41, 5.74) is 5.69. The zero-order valence-corrected chi connectivity index (χ0v) is 20.4. The molecular weight excluding hydrogens is 429 g/mol. The molecule has 0 atom stereocenters. The molecule has 4 rings (SSSR count). The van der Waals surface area contributed by atoms with Gasteiger partial charge in [-0.1, -0.05) is 50.2 Å². The maximum atomic E-state index is 13.9. The highest BCUT2D eigenvalue weighted by Gasteiger charge is 2.14. The summed E-state index contributed by atoms with van der Waals surface area (Å²) in [6.45, 7) is 8.29. The Balaban J connectivity index is 1.60. The number of benzene rings is 3. The molecule has 1 aliphatic rings. The van der Waals surface area contributed by atoms with Crippen LogP contribution in [0.1, 0.15) is 47.6 Å². The van der Waals surface area contributed by atoms with Crippen LogP contribution in [-0.2, 0) is 24.2 Å². The Kier molecular flexibility index (Phi) is 8.20. The summed E-state index contributed by atoms with van der Waals surface area (Å²) >= 11 is 0. The molecule has 0 fully saturated rings. The molecule has 5 heteroatoms. The third-order valence-electron chi connectivity index (χ3n) is 6.22. The number of nitrogens with zero attached hydrogens (tertiary/aromatic N) is 1. The number of hydrogen-bond donors (Lipinski definition) is 0. The quantitative estimate of drug-likeness (QED) is 0.478. The van der Waals surface area contributed by atoms with Crippen LogP contribution in [0.5, 0.6) is 11.5 Å². The zero-order chi connectivity index (χ0) is 23.9. The zero-order valence-electron chi connectivity index (χ0n) is 20.4. The number of halogens is 1. The lowest BCUT2D eigenvalue weighted by Crippen LogP contribution is -2.28. The Morgan fingerprint density at radius 3 is 2.65 bits per heavy atom. The van der Waals surface area contributed by atoms with E-state index >= 15 is 0 Å². The number of hydrogen-bond acceptors (Lipinski definition) is 4. The van der Waals surface area contributed by atoms with E-state index in [-0.39, 0.29) is 5.82 Å². The van der Waals surface area contributed by atoms with Gasteiger partial charge >= 0.3 is 0 Å². The molecule has 0 amide bonds. The third-order valence-corrected chi connectivity index (χ3v) is 6.22. The van der Waals surface area contributed by atoms with Crippen molar-refractivity contribution in [2.45, 2.75) is 39.3 Å². The average Bonchev–Trinajstić information content (AvgIpc) is 2.82. The van der Waals surface area contributed by atoms with Crippen LogP contribution < -0.4 is 9.47 Å². The standard InChI is InChI=1S/C29H34FNO3/c1-21(2)24-7-9-28(32-3)26(17-24)20-31-11-12-33-13-14-34-29-10-8-27(30)18-25(29)16-22-5-4-6-23(15-22)19-31/h4-10,15,17-18,21H,11-14,16,19-20H2,1-3H3. The van der Waals surface area contributed by atoms with Gasteiger partial charge in [0.25, 0.3) is 0 Å². The Morgan fingerprint density at radius 1 is 0.971 bits per heavy atom. The van der Waals surface area contributed by atoms with E-state index in [4.69, 9.17) is 14.2 Å². The van der Waals surface area contributed by atoms with Gasteiger partial charge in [-0.05, 0) is 46.9 Å². The molecule has 0 radical (unpaired) electrons. The van der Waals surface area contributed by atoms with Gasteiger partial charge in [-0.3, -0.25) is 4.90 Å². The Labute approximate surface area is 202 Å². The molecule has 2 bridgehead atoms. The smallest absolute Gasteiger partial charge is 0.123 e. The minimum Gasteiger partial charge on any atom is -0.496 e. The van der Waals surface area contributed by atoms with E-state index in [0.717, 1.165) is 36.5 Å². The number of fused-ring (bicyclic) bond motifs is 3. The van der Waals surface area contributed by atoms with Gasteiger partial charge in [0.2, 0.25) is 0 Å². The fraction of sp³-hybridized carbons (Fsp3) is 0.379. The highest BCUT2D eigenvalue weighted by molar-refractivity contribution is 5.40. The molecule has 3 aromatic rings. The highest BCUT2D eigenvalue weighted by atomic mass is 19.1. The molecule has 0 unspecified atom stereocenters. The summed E-state index contributed by atoms with van der Waals surface area (Å²) in [5.74, 6) is 1.83. The molecule has 1 aliphatic heterocycles. The molecular formula is C29H34FNO3. The van der Waals surface area contributed by atoms with Crippen molar-refractivity contribution in [3.8, 4) is 11.5 Å². The van der Waals surface area contributed by atoms with Crippen LogP contribution in [0, 0.1) is 5.82 Å². The molecule has 3 aromatic carbocycles. The van der Waals surface area contributed by atoms with E-state index in [2.05, 4.69) is 61.2 Å². The largest absolute Gasteiger partial charge is 0.496 e. The molecule has 4 nitrogen and oxygen atoms in total. The van der Waals surface area contributed by atoms with Crippen molar-refractivity contribution in [1.82, 2.24) is 4.90 Å². The molecule has 0 saturated heterocycles. The first kappa shape index (κ1) is 24.2. The van der Waals surface area contributed by atoms with Crippen LogP contribution in [0.2, 0.25) is 0 Å². The molecule has 180 valence electrons. The lowest BCUT2D eigenvalue weighted by Gasteiger charge is -2.25. The molecule has 0 saturated carbocycles. The molecule has 1 heterocycles. The van der Waals surface area contributed by atoms with Gasteiger partial charge in [0.15, 0.2) is 0 Å². The average molecular weight is 464 g/mol. The van der Waals surface area contributed by atoms with Gasteiger partial charge in [-0.25, -0.2) is 4.39 Å². The van der Waals surface area contributed by atoms with E-state index in [1.54, 1.807) is 19.2 Å². The van der Waals surface area contributed by atoms with Crippen molar-refractivity contribution in [2.24, 2.45) is 0 Å². The highest BCUT2D eigenvalue weighted by Crippen LogP contribution is 2.27. The predicted molar refractivity (Wildman–Crippen MR) is 133 cm³/mol. The predicted octanol–water partition coefficient (Wildman–Crippen LogP) is 5.96. The fourth-order valence-electron chi connectivity index (χ4n) is 4.39. The van der Waals surface area contributed by atoms with Crippen LogP contribution >= 0.6 is 0 Å². The topological polar surface area (TPSA) is 30.9 Å². The summed E-state index contributed by atoms with van der Waals surface area (Å²) < 4.78 is 31.4. The first-order valence-corrected chi connectivity index (χ1v) is 12.0. The van der Waals surface area contributed by atoms with Gasteiger partial charge in [-0.2, -0.15) is 0 Å². The van der Waals surface area contributed by atoms with Crippen molar-refractivity contribution in [3.05, 3.63) is 94.3 Å². The third kappa shape index (κ3) is 6.37. The van der Waals surface area contributed by atoms with Gasteiger partial charge in [0, 0.05) is 37.2 Å². The van der Waals surface area contributed by atoms with E-state index in [1.807, 2.05) is 0 Å². The summed E-state index contributed by atoms with van der Waals surface area (Å²) in [6, 6.07) is 19.7. The molecule has 0 aliphatic carbocycles. The molecule has 34 heavy (non-hydrogen) atoms. The van der Waals surface area contributed by atoms with Crippen LogP contribution in [0.15, 0.2) is 60.7 Å². The second-order valence-electron chi connectivity index (χ2n) is 9.15. The Hall–Kier alpha value is -2.89. The molecule has 0 N–H and O–H groups in total. The van der Waals surface area contributed by atoms with E-state index in [0.29, 0.717) is 37.9 Å². The summed E-state index contributed by atoms with van der Waals surface area (Å²) in [4.78, 5) is 2.39. The lowest BCUT2D eigenvalue weighted by atomic mass is 9.99. The minimum absolute atomic E-state index is 0.250. The van der Waals surface area contributed by atoms with E-state index in [9.17, 15) is 4.39 Å². The summed E-state index contributed by atoms with van der Waals surface area (Å²) in [6.07, 6.45) is 0.617. The monoisotopic (exact) mass is 463 g/mol. The van der Waals surface area contributed by atoms with E-state index in [1.165, 1.54) is 22.8 Å². The number of rotatable bonds is 4. The van der Waals surface area contributed by atoms with Crippen LogP contribution in [0.3, 0.4) is 0 Å². The molecule has 0 spiro atoms. The number of methoxy groups -OCH3 is 1. The SMILES string of the molecule is COc1ccc(C(C)C)cc1CN1CCOCCOc2ccc(F)cc2Cc2cccc(c2)C1. The first-order valence-electron chi connectivity index (χ1n) is 12.0. The fourth-order valence-corrected chi connectivity index (χ4v) is 4.39. The van der Waals surface area contributed by atoms with Crippen LogP contribution in [0.25, 0.3) is 0 Å². The maximum absolute atomic E-state index is 13.9. The normalized spacial score (nSPS) is 15.3. The van der Waals surface area contributed by atoms with Gasteiger partial charge in [0.05, 0.1) is 20.3 Å². The van der Waals surface area contributed by atoms with Crippen molar-refractivity contribution in [3.63, 3.8) is 0 Å². The summed E-state index contributed by atoms with van der Waals surface area (Å²) in [7, 11) is 1.73.